The quantitative estimate of drug-likeness (QED) is 0.875. The van der Waals surface area contributed by atoms with Crippen molar-refractivity contribution in [2.75, 3.05) is 0 Å². The molecule has 1 N–H and O–H groups in total. The summed E-state index contributed by atoms with van der Waals surface area (Å²) in [4.78, 5) is 11.6. The molecule has 0 saturated heterocycles. The van der Waals surface area contributed by atoms with Crippen molar-refractivity contribution in [3.05, 3.63) is 39.8 Å². The van der Waals surface area contributed by atoms with Crippen LogP contribution in [0.3, 0.4) is 0 Å². The third-order valence-corrected chi connectivity index (χ3v) is 4.34. The normalized spacial score (nSPS) is 15.5. The van der Waals surface area contributed by atoms with Gasteiger partial charge in [0.15, 0.2) is 5.76 Å². The van der Waals surface area contributed by atoms with Crippen molar-refractivity contribution >= 4 is 21.9 Å². The van der Waals surface area contributed by atoms with Gasteiger partial charge in [-0.15, -0.1) is 0 Å². The van der Waals surface area contributed by atoms with Crippen molar-refractivity contribution in [1.82, 2.24) is 5.16 Å². The lowest BCUT2D eigenvalue weighted by Crippen LogP contribution is -2.04. The monoisotopic (exact) mass is 353 g/mol. The summed E-state index contributed by atoms with van der Waals surface area (Å²) in [6, 6.07) is 4.34. The Bertz CT molecular complexity index is 692. The molecule has 1 heterocycles. The molecule has 21 heavy (non-hydrogen) atoms. The Kier molecular flexibility index (Phi) is 3.80. The van der Waals surface area contributed by atoms with Gasteiger partial charge in [0, 0.05) is 16.0 Å². The fraction of sp³-hybridized carbons (Fsp3) is 0.333. The Morgan fingerprint density at radius 1 is 1.38 bits per heavy atom. The highest BCUT2D eigenvalue weighted by Crippen LogP contribution is 2.39. The zero-order chi connectivity index (χ0) is 15.0. The van der Waals surface area contributed by atoms with Crippen LogP contribution in [0.2, 0.25) is 0 Å². The molecule has 2 aromatic rings. The van der Waals surface area contributed by atoms with Crippen molar-refractivity contribution in [3.63, 3.8) is 0 Å². The third-order valence-electron chi connectivity index (χ3n) is 3.84. The molecule has 6 heteroatoms. The summed E-state index contributed by atoms with van der Waals surface area (Å²) in [6.07, 6.45) is 3.86. The van der Waals surface area contributed by atoms with E-state index in [1.807, 2.05) is 0 Å². The average molecular weight is 354 g/mol. The predicted molar refractivity (Wildman–Crippen MR) is 77.8 cm³/mol. The molecule has 0 radical (unpaired) electrons. The molecule has 0 amide bonds. The molecule has 0 unspecified atom stereocenters. The van der Waals surface area contributed by atoms with Crippen LogP contribution in [0.15, 0.2) is 27.2 Å². The Hall–Kier alpha value is -1.69. The first-order valence-corrected chi connectivity index (χ1v) is 7.55. The molecule has 110 valence electrons. The van der Waals surface area contributed by atoms with Gasteiger partial charge in [-0.2, -0.15) is 0 Å². The van der Waals surface area contributed by atoms with Gasteiger partial charge in [-0.1, -0.05) is 33.9 Å². The third kappa shape index (κ3) is 2.60. The van der Waals surface area contributed by atoms with Gasteiger partial charge in [-0.3, -0.25) is 0 Å². The highest BCUT2D eigenvalue weighted by atomic mass is 79.9. The summed E-state index contributed by atoms with van der Waals surface area (Å²) >= 11 is 3.26. The number of benzene rings is 1. The number of aromatic nitrogens is 1. The summed E-state index contributed by atoms with van der Waals surface area (Å²) in [5, 5.41) is 13.3. The van der Waals surface area contributed by atoms with Gasteiger partial charge < -0.3 is 9.63 Å². The second-order valence-corrected chi connectivity index (χ2v) is 6.10. The van der Waals surface area contributed by atoms with E-state index in [0.717, 1.165) is 25.7 Å². The molecule has 3 rings (SSSR count). The van der Waals surface area contributed by atoms with Crippen molar-refractivity contribution in [3.8, 4) is 11.3 Å². The molecular formula is C15H13BrFNO3. The van der Waals surface area contributed by atoms with E-state index < -0.39 is 11.8 Å². The largest absolute Gasteiger partial charge is 0.477 e. The van der Waals surface area contributed by atoms with E-state index in [0.29, 0.717) is 10.2 Å². The van der Waals surface area contributed by atoms with Crippen LogP contribution in [0, 0.1) is 5.82 Å². The number of rotatable bonds is 3. The smallest absolute Gasteiger partial charge is 0.341 e. The van der Waals surface area contributed by atoms with Gasteiger partial charge in [0.2, 0.25) is 0 Å². The van der Waals surface area contributed by atoms with Crippen LogP contribution in [0.5, 0.6) is 0 Å². The summed E-state index contributed by atoms with van der Waals surface area (Å²) in [7, 11) is 0. The minimum absolute atomic E-state index is 0.0149. The molecule has 4 nitrogen and oxygen atoms in total. The summed E-state index contributed by atoms with van der Waals surface area (Å²) in [5.41, 5.74) is 0.178. The topological polar surface area (TPSA) is 63.3 Å². The molecular weight excluding hydrogens is 341 g/mol. The van der Waals surface area contributed by atoms with Crippen molar-refractivity contribution in [1.29, 1.82) is 0 Å². The van der Waals surface area contributed by atoms with Gasteiger partial charge in [0.25, 0.3) is 0 Å². The van der Waals surface area contributed by atoms with E-state index in [-0.39, 0.29) is 22.7 Å². The van der Waals surface area contributed by atoms with E-state index in [4.69, 9.17) is 4.52 Å². The summed E-state index contributed by atoms with van der Waals surface area (Å²) in [6.45, 7) is 0. The summed E-state index contributed by atoms with van der Waals surface area (Å²) < 4.78 is 19.9. The van der Waals surface area contributed by atoms with E-state index in [2.05, 4.69) is 21.1 Å². The van der Waals surface area contributed by atoms with Crippen LogP contribution in [0.25, 0.3) is 11.3 Å². The zero-order valence-corrected chi connectivity index (χ0v) is 12.7. The lowest BCUT2D eigenvalue weighted by molar-refractivity contribution is 0.0694. The number of carbonyl (C=O) groups is 1. The van der Waals surface area contributed by atoms with Crippen LogP contribution < -0.4 is 0 Å². The van der Waals surface area contributed by atoms with E-state index in [9.17, 15) is 14.3 Å². The Balaban J connectivity index is 2.14. The highest BCUT2D eigenvalue weighted by Gasteiger charge is 2.31. The molecule has 0 spiro atoms. The number of hydrogen-bond donors (Lipinski definition) is 1. The maximum absolute atomic E-state index is 14.0. The highest BCUT2D eigenvalue weighted by molar-refractivity contribution is 9.10. The zero-order valence-electron chi connectivity index (χ0n) is 11.1. The molecule has 0 bridgehead atoms. The van der Waals surface area contributed by atoms with Gasteiger partial charge in [0.1, 0.15) is 17.1 Å². The minimum atomic E-state index is -1.13. The number of hydrogen-bond acceptors (Lipinski definition) is 3. The van der Waals surface area contributed by atoms with Gasteiger partial charge >= 0.3 is 5.97 Å². The number of carboxylic acid groups (broad SMARTS) is 1. The Morgan fingerprint density at radius 3 is 2.76 bits per heavy atom. The molecule has 1 aliphatic carbocycles. The SMILES string of the molecule is O=C(O)c1c(-c2cc(Br)ccc2F)noc1C1CCCC1. The van der Waals surface area contributed by atoms with Crippen LogP contribution in [0.4, 0.5) is 4.39 Å². The van der Waals surface area contributed by atoms with Crippen LogP contribution in [0.1, 0.15) is 47.7 Å². The van der Waals surface area contributed by atoms with Gasteiger partial charge in [-0.25, -0.2) is 9.18 Å². The van der Waals surface area contributed by atoms with Crippen LogP contribution in [-0.2, 0) is 0 Å². The summed E-state index contributed by atoms with van der Waals surface area (Å²) in [5.74, 6) is -1.22. The second kappa shape index (κ2) is 5.60. The molecule has 1 aliphatic rings. The fourth-order valence-electron chi connectivity index (χ4n) is 2.84. The van der Waals surface area contributed by atoms with E-state index in [1.54, 1.807) is 6.07 Å². The van der Waals surface area contributed by atoms with Gasteiger partial charge in [-0.05, 0) is 31.0 Å². The maximum atomic E-state index is 14.0. The Morgan fingerprint density at radius 2 is 2.10 bits per heavy atom. The first-order chi connectivity index (χ1) is 10.1. The lowest BCUT2D eigenvalue weighted by atomic mass is 9.97. The molecule has 1 aromatic heterocycles. The number of aromatic carboxylic acids is 1. The molecule has 1 fully saturated rings. The van der Waals surface area contributed by atoms with E-state index >= 15 is 0 Å². The predicted octanol–water partition coefficient (Wildman–Crippen LogP) is 4.60. The second-order valence-electron chi connectivity index (χ2n) is 5.18. The first kappa shape index (κ1) is 14.3. The maximum Gasteiger partial charge on any atom is 0.341 e. The minimum Gasteiger partial charge on any atom is -0.477 e. The standard InChI is InChI=1S/C15H13BrFNO3/c16-9-5-6-11(17)10(7-9)13-12(15(19)20)14(21-18-13)8-3-1-2-4-8/h5-8H,1-4H2,(H,19,20). The van der Waals surface area contributed by atoms with Crippen molar-refractivity contribution < 1.29 is 18.8 Å². The van der Waals surface area contributed by atoms with E-state index in [1.165, 1.54) is 12.1 Å². The molecule has 0 atom stereocenters. The Labute approximate surface area is 129 Å². The molecule has 1 aromatic carbocycles. The molecule has 0 aliphatic heterocycles. The van der Waals surface area contributed by atoms with Gasteiger partial charge in [0.05, 0.1) is 0 Å². The average Bonchev–Trinajstić information content (AvgIpc) is 3.08. The fourth-order valence-corrected chi connectivity index (χ4v) is 3.20. The van der Waals surface area contributed by atoms with Crippen molar-refractivity contribution in [2.24, 2.45) is 0 Å². The number of nitrogens with zero attached hydrogens (tertiary/aromatic N) is 1. The number of carboxylic acids is 1. The van der Waals surface area contributed by atoms with Crippen LogP contribution >= 0.6 is 15.9 Å². The van der Waals surface area contributed by atoms with Crippen LogP contribution in [-0.4, -0.2) is 16.2 Å². The molecule has 1 saturated carbocycles. The number of halogens is 2. The first-order valence-electron chi connectivity index (χ1n) is 6.76. The van der Waals surface area contributed by atoms with Crippen molar-refractivity contribution in [2.45, 2.75) is 31.6 Å². The lowest BCUT2D eigenvalue weighted by Gasteiger charge is -2.06.